The molecule has 3 aromatic rings. The number of halogens is 1. The fourth-order valence-corrected chi connectivity index (χ4v) is 3.47. The molecule has 0 spiro atoms. The van der Waals surface area contributed by atoms with Gasteiger partial charge in [-0.1, -0.05) is 46.3 Å². The zero-order valence-electron chi connectivity index (χ0n) is 17.7. The van der Waals surface area contributed by atoms with Crippen LogP contribution in [-0.4, -0.2) is 30.4 Å². The van der Waals surface area contributed by atoms with Gasteiger partial charge in [0.15, 0.2) is 6.61 Å². The zero-order valence-corrected chi connectivity index (χ0v) is 19.2. The minimum Gasteiger partial charge on any atom is -0.484 e. The van der Waals surface area contributed by atoms with E-state index >= 15 is 0 Å². The number of imide groups is 2. The second-order valence-electron chi connectivity index (χ2n) is 7.21. The highest BCUT2D eigenvalue weighted by atomic mass is 79.9. The minimum absolute atomic E-state index is 0.207. The molecule has 4 rings (SSSR count). The number of hydrogen-bond acceptors (Lipinski definition) is 5. The molecule has 34 heavy (non-hydrogen) atoms. The molecular formula is C25H18BrN3O5. The van der Waals surface area contributed by atoms with E-state index in [1.165, 1.54) is 6.08 Å². The molecule has 0 bridgehead atoms. The lowest BCUT2D eigenvalue weighted by Crippen LogP contribution is -2.54. The summed E-state index contributed by atoms with van der Waals surface area (Å²) < 4.78 is 6.33. The van der Waals surface area contributed by atoms with Gasteiger partial charge in [0, 0.05) is 10.2 Å². The van der Waals surface area contributed by atoms with Gasteiger partial charge in [-0.2, -0.15) is 0 Å². The summed E-state index contributed by atoms with van der Waals surface area (Å²) in [6.45, 7) is -0.222. The van der Waals surface area contributed by atoms with Crippen LogP contribution in [0.5, 0.6) is 5.75 Å². The summed E-state index contributed by atoms with van der Waals surface area (Å²) in [6.07, 6.45) is 1.37. The van der Waals surface area contributed by atoms with Crippen molar-refractivity contribution in [1.82, 2.24) is 5.32 Å². The lowest BCUT2D eigenvalue weighted by atomic mass is 10.1. The Morgan fingerprint density at radius 2 is 1.71 bits per heavy atom. The minimum atomic E-state index is -0.823. The molecule has 5 amide bonds. The number of benzene rings is 3. The molecule has 1 aliphatic heterocycles. The van der Waals surface area contributed by atoms with Crippen LogP contribution >= 0.6 is 15.9 Å². The van der Waals surface area contributed by atoms with E-state index in [-0.39, 0.29) is 18.1 Å². The number of nitrogens with zero attached hydrogens (tertiary/aromatic N) is 1. The number of nitrogens with one attached hydrogen (secondary N) is 2. The van der Waals surface area contributed by atoms with Crippen molar-refractivity contribution in [3.63, 3.8) is 0 Å². The van der Waals surface area contributed by atoms with E-state index in [0.29, 0.717) is 22.7 Å². The number of carbonyl (C=O) groups is 4. The largest absolute Gasteiger partial charge is 0.484 e. The van der Waals surface area contributed by atoms with Crippen molar-refractivity contribution < 1.29 is 23.9 Å². The van der Waals surface area contributed by atoms with E-state index in [4.69, 9.17) is 4.74 Å². The summed E-state index contributed by atoms with van der Waals surface area (Å²) in [5.41, 5.74) is 1.26. The lowest BCUT2D eigenvalue weighted by molar-refractivity contribution is -0.122. The topological polar surface area (TPSA) is 105 Å². The molecule has 0 aliphatic carbocycles. The van der Waals surface area contributed by atoms with E-state index in [0.717, 1.165) is 9.37 Å². The molecular weight excluding hydrogens is 502 g/mol. The smallest absolute Gasteiger partial charge is 0.335 e. The number of hydrogen-bond donors (Lipinski definition) is 2. The maximum Gasteiger partial charge on any atom is 0.335 e. The Morgan fingerprint density at radius 1 is 0.971 bits per heavy atom. The average molecular weight is 520 g/mol. The van der Waals surface area contributed by atoms with Crippen LogP contribution in [0, 0.1) is 0 Å². The summed E-state index contributed by atoms with van der Waals surface area (Å²) in [5, 5.41) is 4.90. The van der Waals surface area contributed by atoms with Gasteiger partial charge in [0.1, 0.15) is 11.3 Å². The molecule has 2 N–H and O–H groups in total. The van der Waals surface area contributed by atoms with Gasteiger partial charge >= 0.3 is 6.03 Å². The Bertz CT molecular complexity index is 1290. The van der Waals surface area contributed by atoms with Crippen molar-refractivity contribution in [2.75, 3.05) is 16.8 Å². The number of para-hydroxylation sites is 1. The second-order valence-corrected chi connectivity index (χ2v) is 8.13. The standard InChI is InChI=1S/C25H18BrN3O5/c26-17-9-11-19(12-10-17)29-24(32)21(23(31)28-25(29)33)14-16-5-4-8-20(13-16)34-15-22(30)27-18-6-2-1-3-7-18/h1-14H,15H2,(H,27,30)(H,28,31,33)/b21-14+. The third-order valence-electron chi connectivity index (χ3n) is 4.78. The first-order valence-electron chi connectivity index (χ1n) is 10.2. The predicted octanol–water partition coefficient (Wildman–Crippen LogP) is 4.13. The van der Waals surface area contributed by atoms with Gasteiger partial charge in [0.25, 0.3) is 17.7 Å². The zero-order chi connectivity index (χ0) is 24.1. The fraction of sp³-hybridized carbons (Fsp3) is 0.0400. The molecule has 9 heteroatoms. The number of ether oxygens (including phenoxy) is 1. The number of amides is 5. The summed E-state index contributed by atoms with van der Waals surface area (Å²) in [7, 11) is 0. The van der Waals surface area contributed by atoms with E-state index in [9.17, 15) is 19.2 Å². The highest BCUT2D eigenvalue weighted by Crippen LogP contribution is 2.24. The van der Waals surface area contributed by atoms with Gasteiger partial charge < -0.3 is 10.1 Å². The van der Waals surface area contributed by atoms with Crippen LogP contribution in [0.1, 0.15) is 5.56 Å². The number of carbonyl (C=O) groups excluding carboxylic acids is 4. The third-order valence-corrected chi connectivity index (χ3v) is 5.31. The van der Waals surface area contributed by atoms with Gasteiger partial charge in [0.2, 0.25) is 0 Å². The quantitative estimate of drug-likeness (QED) is 0.376. The van der Waals surface area contributed by atoms with Gasteiger partial charge in [-0.15, -0.1) is 0 Å². The molecule has 0 aromatic heterocycles. The Kier molecular flexibility index (Phi) is 6.84. The van der Waals surface area contributed by atoms with E-state index in [1.54, 1.807) is 60.7 Å². The van der Waals surface area contributed by atoms with Gasteiger partial charge in [-0.3, -0.25) is 19.7 Å². The average Bonchev–Trinajstić information content (AvgIpc) is 2.82. The maximum absolute atomic E-state index is 13.0. The molecule has 0 atom stereocenters. The van der Waals surface area contributed by atoms with Crippen molar-refractivity contribution in [3.8, 4) is 5.75 Å². The van der Waals surface area contributed by atoms with Crippen molar-refractivity contribution >= 4 is 57.1 Å². The van der Waals surface area contributed by atoms with Crippen LogP contribution in [0.15, 0.2) is 88.9 Å². The maximum atomic E-state index is 13.0. The molecule has 0 radical (unpaired) electrons. The van der Waals surface area contributed by atoms with E-state index in [1.807, 2.05) is 18.2 Å². The molecule has 1 fully saturated rings. The van der Waals surface area contributed by atoms with Crippen LogP contribution < -0.4 is 20.3 Å². The molecule has 0 unspecified atom stereocenters. The molecule has 8 nitrogen and oxygen atoms in total. The lowest BCUT2D eigenvalue weighted by Gasteiger charge is -2.26. The number of rotatable bonds is 6. The Labute approximate surface area is 203 Å². The van der Waals surface area contributed by atoms with Crippen molar-refractivity contribution in [2.24, 2.45) is 0 Å². The Balaban J connectivity index is 1.49. The first-order valence-corrected chi connectivity index (χ1v) is 10.9. The summed E-state index contributed by atoms with van der Waals surface area (Å²) in [6, 6.07) is 21.3. The van der Waals surface area contributed by atoms with E-state index < -0.39 is 17.8 Å². The van der Waals surface area contributed by atoms with Crippen LogP contribution in [0.3, 0.4) is 0 Å². The van der Waals surface area contributed by atoms with Crippen LogP contribution in [0.25, 0.3) is 6.08 Å². The normalized spacial score (nSPS) is 14.7. The predicted molar refractivity (Wildman–Crippen MR) is 130 cm³/mol. The number of urea groups is 1. The Hall–Kier alpha value is -4.24. The molecule has 1 aliphatic rings. The fourth-order valence-electron chi connectivity index (χ4n) is 3.21. The number of anilines is 2. The van der Waals surface area contributed by atoms with Crippen molar-refractivity contribution in [2.45, 2.75) is 0 Å². The molecule has 1 heterocycles. The van der Waals surface area contributed by atoms with Crippen LogP contribution in [0.4, 0.5) is 16.2 Å². The summed E-state index contributed by atoms with van der Waals surface area (Å²) in [4.78, 5) is 50.7. The summed E-state index contributed by atoms with van der Waals surface area (Å²) >= 11 is 3.30. The molecule has 1 saturated heterocycles. The highest BCUT2D eigenvalue weighted by Gasteiger charge is 2.36. The second kappa shape index (κ2) is 10.1. The first kappa shape index (κ1) is 22.9. The third kappa shape index (κ3) is 5.38. The molecule has 170 valence electrons. The van der Waals surface area contributed by atoms with Crippen molar-refractivity contribution in [1.29, 1.82) is 0 Å². The summed E-state index contributed by atoms with van der Waals surface area (Å²) in [5.74, 6) is -1.50. The monoisotopic (exact) mass is 519 g/mol. The first-order chi connectivity index (χ1) is 16.4. The van der Waals surface area contributed by atoms with E-state index in [2.05, 4.69) is 26.6 Å². The van der Waals surface area contributed by atoms with Gasteiger partial charge in [-0.05, 0) is 60.2 Å². The number of barbiturate groups is 1. The SMILES string of the molecule is O=C(COc1cccc(/C=C2\C(=O)NC(=O)N(c3ccc(Br)cc3)C2=O)c1)Nc1ccccc1. The van der Waals surface area contributed by atoms with Crippen LogP contribution in [-0.2, 0) is 14.4 Å². The van der Waals surface area contributed by atoms with Gasteiger partial charge in [-0.25, -0.2) is 9.69 Å². The molecule has 3 aromatic carbocycles. The van der Waals surface area contributed by atoms with Crippen LogP contribution in [0.2, 0.25) is 0 Å². The Morgan fingerprint density at radius 3 is 2.44 bits per heavy atom. The van der Waals surface area contributed by atoms with Crippen molar-refractivity contribution in [3.05, 3.63) is 94.5 Å². The van der Waals surface area contributed by atoms with Gasteiger partial charge in [0.05, 0.1) is 5.69 Å². The highest BCUT2D eigenvalue weighted by molar-refractivity contribution is 9.10. The molecule has 0 saturated carbocycles.